The summed E-state index contributed by atoms with van der Waals surface area (Å²) in [4.78, 5) is 32.1. The third kappa shape index (κ3) is 4.04. The Balaban J connectivity index is 1.51. The van der Waals surface area contributed by atoms with E-state index >= 15 is 0 Å². The number of carbonyl (C=O) groups excluding carboxylic acids is 2. The number of pyridine rings is 1. The molecule has 11 heteroatoms. The van der Waals surface area contributed by atoms with Gasteiger partial charge in [0.25, 0.3) is 11.8 Å². The van der Waals surface area contributed by atoms with Crippen LogP contribution < -0.4 is 9.64 Å². The zero-order valence-electron chi connectivity index (χ0n) is 20.6. The van der Waals surface area contributed by atoms with E-state index in [0.717, 1.165) is 11.0 Å². The van der Waals surface area contributed by atoms with Gasteiger partial charge in [-0.2, -0.15) is 10.4 Å². The van der Waals surface area contributed by atoms with Gasteiger partial charge in [0.15, 0.2) is 11.6 Å². The van der Waals surface area contributed by atoms with E-state index in [1.807, 2.05) is 6.07 Å². The maximum absolute atomic E-state index is 14.6. The van der Waals surface area contributed by atoms with Gasteiger partial charge in [0.2, 0.25) is 0 Å². The molecular formula is C29H16ClF2N5O3. The van der Waals surface area contributed by atoms with Crippen molar-refractivity contribution in [1.29, 1.82) is 5.26 Å². The number of nitriles is 1. The average molecular weight is 556 g/mol. The van der Waals surface area contributed by atoms with Crippen LogP contribution in [0.4, 0.5) is 14.6 Å². The Labute approximate surface area is 230 Å². The van der Waals surface area contributed by atoms with Crippen LogP contribution in [0.2, 0.25) is 5.02 Å². The predicted molar refractivity (Wildman–Crippen MR) is 142 cm³/mol. The Bertz CT molecular complexity index is 1870. The molecule has 0 radical (unpaired) electrons. The molecule has 1 atom stereocenters. The molecule has 0 saturated heterocycles. The van der Waals surface area contributed by atoms with Gasteiger partial charge in [0.05, 0.1) is 32.9 Å². The highest BCUT2D eigenvalue weighted by Gasteiger charge is 2.39. The first-order chi connectivity index (χ1) is 19.3. The molecule has 2 amide bonds. The molecule has 0 spiro atoms. The number of imide groups is 1. The summed E-state index contributed by atoms with van der Waals surface area (Å²) >= 11 is 5.98. The van der Waals surface area contributed by atoms with Gasteiger partial charge in [-0.3, -0.25) is 9.59 Å². The van der Waals surface area contributed by atoms with E-state index in [2.05, 4.69) is 10.1 Å². The Kier molecular flexibility index (Phi) is 6.01. The summed E-state index contributed by atoms with van der Waals surface area (Å²) in [6, 6.07) is 16.2. The van der Waals surface area contributed by atoms with E-state index in [1.165, 1.54) is 47.3 Å². The highest BCUT2D eigenvalue weighted by molar-refractivity contribution is 6.34. The molecule has 196 valence electrons. The van der Waals surface area contributed by atoms with Crippen molar-refractivity contribution in [3.63, 3.8) is 0 Å². The normalized spacial score (nSPS) is 13.4. The lowest BCUT2D eigenvalue weighted by atomic mass is 10.0. The minimum absolute atomic E-state index is 0.0227. The molecular weight excluding hydrogens is 540 g/mol. The van der Waals surface area contributed by atoms with Crippen molar-refractivity contribution in [2.45, 2.75) is 13.0 Å². The third-order valence-electron chi connectivity index (χ3n) is 6.54. The fraction of sp³-hybridized carbons (Fsp3) is 0.0690. The molecule has 3 aromatic carbocycles. The van der Waals surface area contributed by atoms with Crippen LogP contribution in [0, 0.1) is 23.0 Å². The van der Waals surface area contributed by atoms with Crippen molar-refractivity contribution >= 4 is 40.1 Å². The molecule has 1 aliphatic heterocycles. The van der Waals surface area contributed by atoms with E-state index in [4.69, 9.17) is 16.3 Å². The molecule has 0 saturated carbocycles. The number of benzene rings is 3. The number of aromatic nitrogens is 3. The Hall–Kier alpha value is -5.14. The highest BCUT2D eigenvalue weighted by Crippen LogP contribution is 2.39. The zero-order valence-corrected chi connectivity index (χ0v) is 21.4. The van der Waals surface area contributed by atoms with Crippen LogP contribution >= 0.6 is 11.6 Å². The van der Waals surface area contributed by atoms with Crippen LogP contribution in [-0.4, -0.2) is 26.6 Å². The van der Waals surface area contributed by atoms with Gasteiger partial charge in [0, 0.05) is 29.4 Å². The minimum atomic E-state index is -0.878. The van der Waals surface area contributed by atoms with Crippen molar-refractivity contribution in [1.82, 2.24) is 14.8 Å². The Morgan fingerprint density at radius 1 is 1.00 bits per heavy atom. The van der Waals surface area contributed by atoms with Gasteiger partial charge in [-0.15, -0.1) is 0 Å². The summed E-state index contributed by atoms with van der Waals surface area (Å²) in [5.74, 6) is -2.80. The maximum Gasteiger partial charge on any atom is 0.267 e. The number of hydrogen-bond donors (Lipinski definition) is 0. The van der Waals surface area contributed by atoms with Crippen molar-refractivity contribution in [3.05, 3.63) is 112 Å². The fourth-order valence-corrected chi connectivity index (χ4v) is 4.78. The molecule has 2 aromatic heterocycles. The quantitative estimate of drug-likeness (QED) is 0.241. The molecule has 6 rings (SSSR count). The summed E-state index contributed by atoms with van der Waals surface area (Å²) in [6.45, 7) is 1.64. The molecule has 1 aliphatic rings. The van der Waals surface area contributed by atoms with E-state index in [-0.39, 0.29) is 38.8 Å². The van der Waals surface area contributed by atoms with Crippen molar-refractivity contribution in [2.75, 3.05) is 4.90 Å². The number of nitrogens with zero attached hydrogens (tertiary/aromatic N) is 5. The number of anilines is 1. The van der Waals surface area contributed by atoms with E-state index in [9.17, 15) is 23.6 Å². The number of hydrogen-bond acceptors (Lipinski definition) is 6. The van der Waals surface area contributed by atoms with Crippen LogP contribution in [0.3, 0.4) is 0 Å². The SMILES string of the molecule is CC(Oc1cc2cc(F)c(Cl)cc2nc1N1C(=O)c2ccccc2C1=O)c1cc(C#N)c(F)cc1-n1cccn1. The standard InChI is InChI=1S/C29H16ClF2N5O3/c1-15(20-9-17(14-33)22(31)13-25(20)36-8-4-7-34-36)40-26-11-16-10-23(32)21(30)12-24(16)35-27(26)37-28(38)18-5-2-3-6-19(18)29(37)39/h2-13,15H,1H3. The fourth-order valence-electron chi connectivity index (χ4n) is 4.62. The van der Waals surface area contributed by atoms with Crippen LogP contribution in [-0.2, 0) is 0 Å². The van der Waals surface area contributed by atoms with Crippen LogP contribution in [0.5, 0.6) is 5.75 Å². The largest absolute Gasteiger partial charge is 0.482 e. The topological polar surface area (TPSA) is 101 Å². The van der Waals surface area contributed by atoms with Crippen LogP contribution in [0.1, 0.15) is 44.9 Å². The number of amides is 2. The summed E-state index contributed by atoms with van der Waals surface area (Å²) < 4.78 is 36.6. The number of carbonyl (C=O) groups is 2. The predicted octanol–water partition coefficient (Wildman–Crippen LogP) is 6.16. The molecule has 5 aromatic rings. The zero-order chi connectivity index (χ0) is 28.1. The third-order valence-corrected chi connectivity index (χ3v) is 6.83. The molecule has 40 heavy (non-hydrogen) atoms. The average Bonchev–Trinajstić information content (AvgIpc) is 3.56. The minimum Gasteiger partial charge on any atom is -0.482 e. The van der Waals surface area contributed by atoms with E-state index in [1.54, 1.807) is 31.3 Å². The summed E-state index contributed by atoms with van der Waals surface area (Å²) in [7, 11) is 0. The monoisotopic (exact) mass is 555 g/mol. The molecule has 0 N–H and O–H groups in total. The molecule has 3 heterocycles. The maximum atomic E-state index is 14.6. The van der Waals surface area contributed by atoms with Crippen molar-refractivity contribution in [3.8, 4) is 17.5 Å². The first-order valence-corrected chi connectivity index (χ1v) is 12.3. The number of fused-ring (bicyclic) bond motifs is 2. The first-order valence-electron chi connectivity index (χ1n) is 11.9. The van der Waals surface area contributed by atoms with Gasteiger partial charge < -0.3 is 4.74 Å². The highest BCUT2D eigenvalue weighted by atomic mass is 35.5. The molecule has 0 fully saturated rings. The first kappa shape index (κ1) is 25.2. The van der Waals surface area contributed by atoms with E-state index < -0.39 is 29.6 Å². The second-order valence-electron chi connectivity index (χ2n) is 8.97. The lowest BCUT2D eigenvalue weighted by Gasteiger charge is -2.23. The smallest absolute Gasteiger partial charge is 0.267 e. The molecule has 0 aliphatic carbocycles. The lowest BCUT2D eigenvalue weighted by Crippen LogP contribution is -2.31. The summed E-state index contributed by atoms with van der Waals surface area (Å²) in [5.41, 5.74) is 1.10. The molecule has 1 unspecified atom stereocenters. The van der Waals surface area contributed by atoms with Crippen LogP contribution in [0.15, 0.2) is 73.1 Å². The lowest BCUT2D eigenvalue weighted by molar-refractivity contribution is 0.0922. The van der Waals surface area contributed by atoms with Crippen molar-refractivity contribution < 1.29 is 23.1 Å². The van der Waals surface area contributed by atoms with Gasteiger partial charge in [-0.1, -0.05) is 23.7 Å². The number of rotatable bonds is 5. The van der Waals surface area contributed by atoms with Gasteiger partial charge in [-0.25, -0.2) is 23.3 Å². The molecule has 8 nitrogen and oxygen atoms in total. The number of halogens is 3. The van der Waals surface area contributed by atoms with Crippen molar-refractivity contribution in [2.24, 2.45) is 0 Å². The van der Waals surface area contributed by atoms with Crippen LogP contribution in [0.25, 0.3) is 16.6 Å². The van der Waals surface area contributed by atoms with E-state index in [0.29, 0.717) is 16.6 Å². The van der Waals surface area contributed by atoms with Gasteiger partial charge in [-0.05, 0) is 49.4 Å². The summed E-state index contributed by atoms with van der Waals surface area (Å²) in [6.07, 6.45) is 2.24. The van der Waals surface area contributed by atoms with Gasteiger partial charge in [0.1, 0.15) is 23.8 Å². The second kappa shape index (κ2) is 9.55. The molecule has 0 bridgehead atoms. The number of ether oxygens (including phenoxy) is 1. The summed E-state index contributed by atoms with van der Waals surface area (Å²) in [5, 5.41) is 13.7. The Morgan fingerprint density at radius 2 is 1.73 bits per heavy atom. The van der Waals surface area contributed by atoms with Gasteiger partial charge >= 0.3 is 0 Å². The second-order valence-corrected chi connectivity index (χ2v) is 9.38. The Morgan fingerprint density at radius 3 is 2.38 bits per heavy atom.